The molecule has 0 unspecified atom stereocenters. The Labute approximate surface area is 243 Å². The van der Waals surface area contributed by atoms with E-state index in [1.807, 2.05) is 16.7 Å². The summed E-state index contributed by atoms with van der Waals surface area (Å²) in [7, 11) is 1.79. The average molecular weight is 588 g/mol. The van der Waals surface area contributed by atoms with E-state index in [0.717, 1.165) is 5.56 Å². The van der Waals surface area contributed by atoms with Crippen LogP contribution in [-0.2, 0) is 11.8 Å². The van der Waals surface area contributed by atoms with Crippen molar-refractivity contribution in [2.24, 2.45) is 7.05 Å². The van der Waals surface area contributed by atoms with Crippen molar-refractivity contribution in [1.29, 1.82) is 5.26 Å². The highest BCUT2D eigenvalue weighted by atomic mass is 35.5. The third kappa shape index (κ3) is 5.16. The molecule has 5 rings (SSSR count). The summed E-state index contributed by atoms with van der Waals surface area (Å²) < 4.78 is 20.8. The standard InChI is InChI=1S/C29H20Cl2FN7O2/c1-14(32)28(40)38-18-6-9-20(21(30)10-18)26-23(24-25(39(26)3)17(11-33)12-35-27(24)34)16-4-7-19(8-5-16)41-29-36-13-22(31)15(2)37-29/h4-10,12-13H,1H2,2-3H3,(H2,34,35)(H,38,40). The van der Waals surface area contributed by atoms with Gasteiger partial charge in [-0.25, -0.2) is 14.4 Å². The quantitative estimate of drug-likeness (QED) is 0.205. The lowest BCUT2D eigenvalue weighted by atomic mass is 9.97. The van der Waals surface area contributed by atoms with E-state index in [-0.39, 0.29) is 22.5 Å². The first kappa shape index (κ1) is 27.6. The minimum atomic E-state index is -1.13. The van der Waals surface area contributed by atoms with Gasteiger partial charge >= 0.3 is 6.01 Å². The molecule has 41 heavy (non-hydrogen) atoms. The van der Waals surface area contributed by atoms with E-state index in [4.69, 9.17) is 33.7 Å². The molecular formula is C29H20Cl2FN7O2. The number of aryl methyl sites for hydroxylation is 2. The summed E-state index contributed by atoms with van der Waals surface area (Å²) in [4.78, 5) is 24.3. The number of nitriles is 1. The van der Waals surface area contributed by atoms with Gasteiger partial charge in [-0.3, -0.25) is 4.79 Å². The lowest BCUT2D eigenvalue weighted by molar-refractivity contribution is -0.114. The van der Waals surface area contributed by atoms with Crippen LogP contribution in [-0.4, -0.2) is 25.4 Å². The summed E-state index contributed by atoms with van der Waals surface area (Å²) in [6.07, 6.45) is 2.88. The van der Waals surface area contributed by atoms with Crippen LogP contribution >= 0.6 is 23.2 Å². The van der Waals surface area contributed by atoms with Crippen LogP contribution < -0.4 is 15.8 Å². The first-order chi connectivity index (χ1) is 19.6. The number of carbonyl (C=O) groups is 1. The molecule has 0 spiro atoms. The van der Waals surface area contributed by atoms with Gasteiger partial charge in [-0.2, -0.15) is 10.2 Å². The van der Waals surface area contributed by atoms with Gasteiger partial charge in [0.25, 0.3) is 5.91 Å². The Morgan fingerprint density at radius 1 is 1.15 bits per heavy atom. The lowest BCUT2D eigenvalue weighted by Gasteiger charge is -2.13. The van der Waals surface area contributed by atoms with Gasteiger partial charge in [0, 0.05) is 30.1 Å². The molecule has 2 aromatic carbocycles. The topological polar surface area (TPSA) is 132 Å². The Balaban J connectivity index is 1.66. The molecule has 0 fully saturated rings. The number of carbonyl (C=O) groups excluding carboxylic acids is 1. The van der Waals surface area contributed by atoms with Gasteiger partial charge < -0.3 is 20.4 Å². The van der Waals surface area contributed by atoms with Crippen molar-refractivity contribution in [3.63, 3.8) is 0 Å². The van der Waals surface area contributed by atoms with Crippen molar-refractivity contribution in [1.82, 2.24) is 19.5 Å². The summed E-state index contributed by atoms with van der Waals surface area (Å²) in [6.45, 7) is 4.75. The van der Waals surface area contributed by atoms with Gasteiger partial charge in [0.1, 0.15) is 17.6 Å². The third-order valence-electron chi connectivity index (χ3n) is 6.34. The Morgan fingerprint density at radius 3 is 2.51 bits per heavy atom. The maximum atomic E-state index is 13.2. The minimum Gasteiger partial charge on any atom is -0.424 e. The number of nitrogens with zero attached hydrogens (tertiary/aromatic N) is 5. The van der Waals surface area contributed by atoms with E-state index in [1.54, 1.807) is 38.2 Å². The predicted octanol–water partition coefficient (Wildman–Crippen LogP) is 6.98. The fraction of sp³-hybridized carbons (Fsp3) is 0.0690. The molecule has 0 atom stereocenters. The Bertz CT molecular complexity index is 1910. The molecule has 12 heteroatoms. The zero-order chi connectivity index (χ0) is 29.4. The number of rotatable bonds is 6. The highest BCUT2D eigenvalue weighted by molar-refractivity contribution is 6.34. The van der Waals surface area contributed by atoms with Gasteiger partial charge in [-0.05, 0) is 42.8 Å². The van der Waals surface area contributed by atoms with Crippen LogP contribution in [0.1, 0.15) is 11.3 Å². The molecule has 204 valence electrons. The molecule has 3 aromatic heterocycles. The maximum Gasteiger partial charge on any atom is 0.322 e. The number of nitrogen functional groups attached to an aromatic ring is 1. The third-order valence-corrected chi connectivity index (χ3v) is 7.02. The molecule has 0 aliphatic rings. The van der Waals surface area contributed by atoms with Gasteiger partial charge in [0.15, 0.2) is 5.83 Å². The lowest BCUT2D eigenvalue weighted by Crippen LogP contribution is -2.11. The van der Waals surface area contributed by atoms with Crippen molar-refractivity contribution >= 4 is 51.5 Å². The first-order valence-electron chi connectivity index (χ1n) is 12.0. The molecule has 9 nitrogen and oxygen atoms in total. The Hall–Kier alpha value is -4.98. The highest BCUT2D eigenvalue weighted by Crippen LogP contribution is 2.45. The van der Waals surface area contributed by atoms with Crippen LogP contribution in [0.3, 0.4) is 0 Å². The molecule has 0 bridgehead atoms. The SMILES string of the molecule is C=C(F)C(=O)Nc1ccc(-c2c(-c3ccc(Oc4ncc(Cl)c(C)n4)cc3)c3c(N)ncc(C#N)c3n2C)c(Cl)c1. The molecule has 0 aliphatic carbocycles. The molecule has 3 heterocycles. The summed E-state index contributed by atoms with van der Waals surface area (Å²) in [5.74, 6) is -1.40. The Kier molecular flexibility index (Phi) is 7.32. The van der Waals surface area contributed by atoms with Crippen molar-refractivity contribution in [2.75, 3.05) is 11.1 Å². The van der Waals surface area contributed by atoms with Crippen molar-refractivity contribution in [3.8, 4) is 40.2 Å². The number of hydrogen-bond acceptors (Lipinski definition) is 7. The zero-order valence-electron chi connectivity index (χ0n) is 21.7. The molecule has 1 amide bonds. The number of halogens is 3. The number of pyridine rings is 1. The molecule has 3 N–H and O–H groups in total. The summed E-state index contributed by atoms with van der Waals surface area (Å²) in [6, 6.07) is 14.2. The van der Waals surface area contributed by atoms with Gasteiger partial charge in [-0.15, -0.1) is 0 Å². The van der Waals surface area contributed by atoms with E-state index < -0.39 is 11.7 Å². The van der Waals surface area contributed by atoms with Crippen LogP contribution in [0.4, 0.5) is 15.9 Å². The van der Waals surface area contributed by atoms with E-state index in [0.29, 0.717) is 49.8 Å². The molecule has 0 saturated heterocycles. The molecule has 5 aromatic rings. The van der Waals surface area contributed by atoms with Crippen LogP contribution in [0.15, 0.2) is 67.3 Å². The van der Waals surface area contributed by atoms with Crippen LogP contribution in [0.5, 0.6) is 11.8 Å². The summed E-state index contributed by atoms with van der Waals surface area (Å²) in [5, 5.41) is 13.5. The maximum absolute atomic E-state index is 13.2. The second kappa shape index (κ2) is 10.9. The van der Waals surface area contributed by atoms with Gasteiger partial charge in [0.2, 0.25) is 0 Å². The van der Waals surface area contributed by atoms with E-state index >= 15 is 0 Å². The van der Waals surface area contributed by atoms with Crippen LogP contribution in [0.2, 0.25) is 10.0 Å². The fourth-order valence-corrected chi connectivity index (χ4v) is 4.81. The monoisotopic (exact) mass is 587 g/mol. The van der Waals surface area contributed by atoms with E-state index in [9.17, 15) is 14.4 Å². The van der Waals surface area contributed by atoms with Crippen molar-refractivity contribution in [2.45, 2.75) is 6.92 Å². The number of fused-ring (bicyclic) bond motifs is 1. The van der Waals surface area contributed by atoms with Gasteiger partial charge in [0.05, 0.1) is 44.1 Å². The Morgan fingerprint density at radius 2 is 1.88 bits per heavy atom. The largest absolute Gasteiger partial charge is 0.424 e. The zero-order valence-corrected chi connectivity index (χ0v) is 23.2. The number of nitrogens with one attached hydrogen (secondary N) is 1. The van der Waals surface area contributed by atoms with Gasteiger partial charge in [-0.1, -0.05) is 41.9 Å². The molecular weight excluding hydrogens is 568 g/mol. The van der Waals surface area contributed by atoms with Crippen LogP contribution in [0, 0.1) is 18.3 Å². The first-order valence-corrected chi connectivity index (χ1v) is 12.7. The second-order valence-corrected chi connectivity index (χ2v) is 9.76. The van der Waals surface area contributed by atoms with Crippen molar-refractivity contribution < 1.29 is 13.9 Å². The number of amides is 1. The number of hydrogen-bond donors (Lipinski definition) is 2. The molecule has 0 aliphatic heterocycles. The second-order valence-electron chi connectivity index (χ2n) is 8.94. The average Bonchev–Trinajstić information content (AvgIpc) is 3.25. The van der Waals surface area contributed by atoms with Crippen molar-refractivity contribution in [3.05, 3.63) is 88.6 Å². The predicted molar refractivity (Wildman–Crippen MR) is 156 cm³/mol. The number of aromatic nitrogens is 4. The number of anilines is 2. The number of nitrogens with two attached hydrogens (primary N) is 1. The normalized spacial score (nSPS) is 10.8. The molecule has 0 saturated carbocycles. The minimum absolute atomic E-state index is 0.146. The molecule has 0 radical (unpaired) electrons. The van der Waals surface area contributed by atoms with E-state index in [1.165, 1.54) is 18.5 Å². The van der Waals surface area contributed by atoms with E-state index in [2.05, 4.69) is 32.9 Å². The fourth-order valence-electron chi connectivity index (χ4n) is 4.45. The number of ether oxygens (including phenoxy) is 1. The summed E-state index contributed by atoms with van der Waals surface area (Å²) >= 11 is 12.7. The van der Waals surface area contributed by atoms with Crippen LogP contribution in [0.25, 0.3) is 33.3 Å². The number of benzene rings is 2. The highest BCUT2D eigenvalue weighted by Gasteiger charge is 2.25. The smallest absolute Gasteiger partial charge is 0.322 e. The summed E-state index contributed by atoms with van der Waals surface area (Å²) in [5.41, 5.74) is 10.7.